The molecule has 1 fully saturated rings. The lowest BCUT2D eigenvalue weighted by molar-refractivity contribution is -0.111. The first-order chi connectivity index (χ1) is 10.2. The molecule has 0 bridgehead atoms. The molecule has 0 aliphatic carbocycles. The summed E-state index contributed by atoms with van der Waals surface area (Å²) in [6.07, 6.45) is 1.69. The second kappa shape index (κ2) is 7.45. The van der Waals surface area contributed by atoms with Crippen LogP contribution in [0.4, 0.5) is 0 Å². The van der Waals surface area contributed by atoms with Crippen LogP contribution in [0.2, 0.25) is 5.02 Å². The first kappa shape index (κ1) is 16.6. The van der Waals surface area contributed by atoms with Crippen molar-refractivity contribution < 1.29 is 14.2 Å². The van der Waals surface area contributed by atoms with Gasteiger partial charge in [0, 0.05) is 43.8 Å². The van der Waals surface area contributed by atoms with E-state index in [1.54, 1.807) is 14.2 Å². The van der Waals surface area contributed by atoms with Crippen LogP contribution < -0.4 is 10.1 Å². The van der Waals surface area contributed by atoms with Gasteiger partial charge >= 0.3 is 0 Å². The number of methoxy groups -OCH3 is 2. The maximum Gasteiger partial charge on any atom is 0.123 e. The van der Waals surface area contributed by atoms with Crippen molar-refractivity contribution in [3.05, 3.63) is 28.8 Å². The summed E-state index contributed by atoms with van der Waals surface area (Å²) in [5.74, 6) is 0.827. The van der Waals surface area contributed by atoms with Crippen LogP contribution >= 0.6 is 11.6 Å². The SMILES string of the molecule is CCNC(c1cc(Cl)ccc1OC)C1(OC)CCOCC1. The highest BCUT2D eigenvalue weighted by Gasteiger charge is 2.42. The minimum absolute atomic E-state index is 0.0186. The Labute approximate surface area is 131 Å². The zero-order valence-corrected chi connectivity index (χ0v) is 13.7. The molecular weight excluding hydrogens is 290 g/mol. The fourth-order valence-electron chi connectivity index (χ4n) is 3.04. The fourth-order valence-corrected chi connectivity index (χ4v) is 3.22. The van der Waals surface area contributed by atoms with Gasteiger partial charge in [-0.1, -0.05) is 18.5 Å². The predicted molar refractivity (Wildman–Crippen MR) is 84.2 cm³/mol. The van der Waals surface area contributed by atoms with E-state index in [0.29, 0.717) is 18.2 Å². The lowest BCUT2D eigenvalue weighted by atomic mass is 9.81. The van der Waals surface area contributed by atoms with E-state index < -0.39 is 0 Å². The number of likely N-dealkylation sites (N-methyl/N-ethyl adjacent to an activating group) is 1. The van der Waals surface area contributed by atoms with Gasteiger partial charge in [0.15, 0.2) is 0 Å². The van der Waals surface area contributed by atoms with Gasteiger partial charge < -0.3 is 19.5 Å². The first-order valence-electron chi connectivity index (χ1n) is 7.36. The Hall–Kier alpha value is -0.810. The van der Waals surface area contributed by atoms with Crippen LogP contribution in [0.3, 0.4) is 0 Å². The number of halogens is 1. The smallest absolute Gasteiger partial charge is 0.123 e. The third kappa shape index (κ3) is 3.51. The average molecular weight is 314 g/mol. The molecule has 1 heterocycles. The standard InChI is InChI=1S/C16H24ClNO3/c1-4-18-15(16(20-3)7-9-21-10-8-16)13-11-12(17)5-6-14(13)19-2/h5-6,11,15,18H,4,7-10H2,1-3H3. The summed E-state index contributed by atoms with van der Waals surface area (Å²) in [5, 5.41) is 4.24. The van der Waals surface area contributed by atoms with Crippen LogP contribution in [0.1, 0.15) is 31.4 Å². The van der Waals surface area contributed by atoms with E-state index >= 15 is 0 Å². The highest BCUT2D eigenvalue weighted by Crippen LogP contribution is 2.41. The van der Waals surface area contributed by atoms with Crippen molar-refractivity contribution in [2.45, 2.75) is 31.4 Å². The van der Waals surface area contributed by atoms with Gasteiger partial charge in [-0.15, -0.1) is 0 Å². The third-order valence-corrected chi connectivity index (χ3v) is 4.42. The third-order valence-electron chi connectivity index (χ3n) is 4.18. The van der Waals surface area contributed by atoms with E-state index in [-0.39, 0.29) is 11.6 Å². The van der Waals surface area contributed by atoms with Gasteiger partial charge in [-0.3, -0.25) is 0 Å². The summed E-state index contributed by atoms with van der Waals surface area (Å²) in [4.78, 5) is 0. The van der Waals surface area contributed by atoms with Gasteiger partial charge in [0.1, 0.15) is 5.75 Å². The molecule has 0 radical (unpaired) electrons. The zero-order chi connectivity index (χ0) is 15.3. The Kier molecular flexibility index (Phi) is 5.88. The molecule has 0 saturated carbocycles. The van der Waals surface area contributed by atoms with Crippen LogP contribution in [0.25, 0.3) is 0 Å². The summed E-state index contributed by atoms with van der Waals surface area (Å²) in [7, 11) is 3.45. The van der Waals surface area contributed by atoms with E-state index in [1.807, 2.05) is 18.2 Å². The van der Waals surface area contributed by atoms with Crippen molar-refractivity contribution in [2.75, 3.05) is 34.0 Å². The maximum absolute atomic E-state index is 6.20. The summed E-state index contributed by atoms with van der Waals surface area (Å²) >= 11 is 6.20. The molecule has 21 heavy (non-hydrogen) atoms. The average Bonchev–Trinajstić information content (AvgIpc) is 2.53. The van der Waals surface area contributed by atoms with Crippen molar-refractivity contribution in [3.63, 3.8) is 0 Å². The van der Waals surface area contributed by atoms with Gasteiger partial charge in [-0.2, -0.15) is 0 Å². The van der Waals surface area contributed by atoms with E-state index in [0.717, 1.165) is 30.7 Å². The number of hydrogen-bond donors (Lipinski definition) is 1. The molecule has 1 aliphatic heterocycles. The quantitative estimate of drug-likeness (QED) is 0.875. The minimum Gasteiger partial charge on any atom is -0.496 e. The molecule has 1 N–H and O–H groups in total. The molecule has 5 heteroatoms. The van der Waals surface area contributed by atoms with Crippen LogP contribution in [0.5, 0.6) is 5.75 Å². The first-order valence-corrected chi connectivity index (χ1v) is 7.74. The van der Waals surface area contributed by atoms with E-state index in [9.17, 15) is 0 Å². The molecule has 0 amide bonds. The number of nitrogens with one attached hydrogen (secondary N) is 1. The highest BCUT2D eigenvalue weighted by molar-refractivity contribution is 6.30. The van der Waals surface area contributed by atoms with Crippen molar-refractivity contribution in [3.8, 4) is 5.75 Å². The topological polar surface area (TPSA) is 39.7 Å². The van der Waals surface area contributed by atoms with Crippen molar-refractivity contribution in [1.29, 1.82) is 0 Å². The fraction of sp³-hybridized carbons (Fsp3) is 0.625. The summed E-state index contributed by atoms with van der Waals surface area (Å²) in [6.45, 7) is 4.34. The highest BCUT2D eigenvalue weighted by atomic mass is 35.5. The second-order valence-electron chi connectivity index (χ2n) is 5.26. The second-order valence-corrected chi connectivity index (χ2v) is 5.69. The van der Waals surface area contributed by atoms with Gasteiger partial charge in [-0.05, 0) is 24.7 Å². The van der Waals surface area contributed by atoms with Crippen LogP contribution in [0.15, 0.2) is 18.2 Å². The summed E-state index contributed by atoms with van der Waals surface area (Å²) in [6, 6.07) is 5.73. The lowest BCUT2D eigenvalue weighted by Gasteiger charge is -2.43. The largest absolute Gasteiger partial charge is 0.496 e. The van der Waals surface area contributed by atoms with Crippen LogP contribution in [0, 0.1) is 0 Å². The van der Waals surface area contributed by atoms with Gasteiger partial charge in [0.05, 0.1) is 18.8 Å². The molecule has 1 aliphatic rings. The van der Waals surface area contributed by atoms with E-state index in [1.165, 1.54) is 0 Å². The molecule has 1 aromatic carbocycles. The predicted octanol–water partition coefficient (Wildman–Crippen LogP) is 3.19. The Balaban J connectivity index is 2.44. The molecule has 1 atom stereocenters. The molecule has 0 aromatic heterocycles. The van der Waals surface area contributed by atoms with Crippen LogP contribution in [-0.4, -0.2) is 39.6 Å². The van der Waals surface area contributed by atoms with E-state index in [2.05, 4.69) is 12.2 Å². The number of rotatable bonds is 6. The molecular formula is C16H24ClNO3. The van der Waals surface area contributed by atoms with Gasteiger partial charge in [0.2, 0.25) is 0 Å². The molecule has 118 valence electrons. The Bertz CT molecular complexity index is 461. The number of ether oxygens (including phenoxy) is 3. The number of benzene rings is 1. The maximum atomic E-state index is 6.20. The lowest BCUT2D eigenvalue weighted by Crippen LogP contribution is -2.49. The molecule has 2 rings (SSSR count). The van der Waals surface area contributed by atoms with Crippen molar-refractivity contribution >= 4 is 11.6 Å². The molecule has 1 aromatic rings. The molecule has 0 spiro atoms. The number of hydrogen-bond acceptors (Lipinski definition) is 4. The molecule has 1 saturated heterocycles. The molecule has 4 nitrogen and oxygen atoms in total. The van der Waals surface area contributed by atoms with Crippen LogP contribution in [-0.2, 0) is 9.47 Å². The summed E-state index contributed by atoms with van der Waals surface area (Å²) in [5.41, 5.74) is 0.738. The zero-order valence-electron chi connectivity index (χ0n) is 12.9. The normalized spacial score (nSPS) is 19.2. The summed E-state index contributed by atoms with van der Waals surface area (Å²) < 4.78 is 17.0. The van der Waals surface area contributed by atoms with Crippen molar-refractivity contribution in [2.24, 2.45) is 0 Å². The van der Waals surface area contributed by atoms with Gasteiger partial charge in [0.25, 0.3) is 0 Å². The Morgan fingerprint density at radius 1 is 1.33 bits per heavy atom. The Morgan fingerprint density at radius 3 is 2.62 bits per heavy atom. The van der Waals surface area contributed by atoms with Gasteiger partial charge in [-0.25, -0.2) is 0 Å². The molecule has 1 unspecified atom stereocenters. The van der Waals surface area contributed by atoms with E-state index in [4.69, 9.17) is 25.8 Å². The van der Waals surface area contributed by atoms with Crippen molar-refractivity contribution in [1.82, 2.24) is 5.32 Å². The Morgan fingerprint density at radius 2 is 2.05 bits per heavy atom. The minimum atomic E-state index is -0.299. The monoisotopic (exact) mass is 313 g/mol.